The third-order valence-corrected chi connectivity index (χ3v) is 12.0. The Balaban J connectivity index is 1.51. The molecule has 4 saturated carbocycles. The maximum Gasteiger partial charge on any atom is 0.181 e. The summed E-state index contributed by atoms with van der Waals surface area (Å²) in [5.41, 5.74) is 15.0. The Morgan fingerprint density at radius 1 is 0.690 bits per heavy atom. The van der Waals surface area contributed by atoms with E-state index in [1.165, 1.54) is 87.0 Å². The molecular formula is C39H44N2S. The molecule has 1 heterocycles. The summed E-state index contributed by atoms with van der Waals surface area (Å²) in [6, 6.07) is 21.7. The lowest BCUT2D eigenvalue weighted by atomic mass is 9.47. The second kappa shape index (κ2) is 8.82. The molecule has 2 N–H and O–H groups in total. The van der Waals surface area contributed by atoms with Crippen LogP contribution in [0.25, 0.3) is 42.9 Å². The van der Waals surface area contributed by atoms with E-state index in [-0.39, 0.29) is 16.2 Å². The lowest BCUT2D eigenvalue weighted by Crippen LogP contribution is -2.48. The van der Waals surface area contributed by atoms with Gasteiger partial charge < -0.3 is 5.73 Å². The van der Waals surface area contributed by atoms with Gasteiger partial charge in [-0.3, -0.25) is 0 Å². The van der Waals surface area contributed by atoms with Crippen LogP contribution in [0.3, 0.4) is 0 Å². The van der Waals surface area contributed by atoms with Gasteiger partial charge in [-0.15, -0.1) is 0 Å². The van der Waals surface area contributed by atoms with Gasteiger partial charge in [0, 0.05) is 5.56 Å². The van der Waals surface area contributed by atoms with E-state index < -0.39 is 0 Å². The monoisotopic (exact) mass is 572 g/mol. The summed E-state index contributed by atoms with van der Waals surface area (Å²) in [4.78, 5) is 5.12. The minimum atomic E-state index is 0.0658. The number of anilines is 1. The lowest BCUT2D eigenvalue weighted by molar-refractivity contribution is -0.00487. The lowest BCUT2D eigenvalue weighted by Gasteiger charge is -2.57. The van der Waals surface area contributed by atoms with Crippen molar-refractivity contribution in [2.24, 2.45) is 17.8 Å². The molecule has 216 valence electrons. The molecule has 4 aliphatic rings. The fraction of sp³-hybridized carbons (Fsp3) is 0.462. The van der Waals surface area contributed by atoms with E-state index in [2.05, 4.69) is 96.1 Å². The average molecular weight is 573 g/mol. The Kier molecular flexibility index (Phi) is 5.60. The summed E-state index contributed by atoms with van der Waals surface area (Å²) in [5.74, 6) is 2.64. The summed E-state index contributed by atoms with van der Waals surface area (Å²) >= 11 is 1.64. The van der Waals surface area contributed by atoms with Crippen LogP contribution in [0.5, 0.6) is 0 Å². The smallest absolute Gasteiger partial charge is 0.181 e. The molecule has 1 aromatic heterocycles. The largest absolute Gasteiger partial charge is 0.375 e. The van der Waals surface area contributed by atoms with E-state index in [1.807, 2.05) is 0 Å². The molecule has 4 fully saturated rings. The molecule has 0 atom stereocenters. The molecule has 5 aromatic rings. The van der Waals surface area contributed by atoms with Crippen LogP contribution in [0.15, 0.2) is 54.6 Å². The number of thiazole rings is 1. The summed E-state index contributed by atoms with van der Waals surface area (Å²) in [7, 11) is 0. The quantitative estimate of drug-likeness (QED) is 0.214. The number of fused-ring (bicyclic) bond motifs is 3. The minimum Gasteiger partial charge on any atom is -0.375 e. The summed E-state index contributed by atoms with van der Waals surface area (Å²) in [5, 5.41) is 6.00. The number of nitrogens with zero attached hydrogens (tertiary/aromatic N) is 1. The van der Waals surface area contributed by atoms with Gasteiger partial charge in [0.25, 0.3) is 0 Å². The highest BCUT2D eigenvalue weighted by molar-refractivity contribution is 7.22. The van der Waals surface area contributed by atoms with Crippen LogP contribution in [-0.2, 0) is 16.2 Å². The molecule has 0 saturated heterocycles. The van der Waals surface area contributed by atoms with Crippen LogP contribution >= 0.6 is 11.3 Å². The van der Waals surface area contributed by atoms with Crippen molar-refractivity contribution >= 4 is 48.2 Å². The fourth-order valence-electron chi connectivity index (χ4n) is 9.47. The maximum atomic E-state index is 6.48. The number of aromatic nitrogens is 1. The number of nitrogen functional groups attached to an aromatic ring is 1. The number of rotatable bonds is 2. The summed E-state index contributed by atoms with van der Waals surface area (Å²) < 4.78 is 1.21. The topological polar surface area (TPSA) is 38.9 Å². The van der Waals surface area contributed by atoms with Crippen LogP contribution in [0.2, 0.25) is 0 Å². The van der Waals surface area contributed by atoms with Crippen molar-refractivity contribution in [3.8, 4) is 11.1 Å². The normalized spacial score (nSPS) is 25.7. The van der Waals surface area contributed by atoms with Gasteiger partial charge in [0.15, 0.2) is 5.13 Å². The predicted molar refractivity (Wildman–Crippen MR) is 182 cm³/mol. The zero-order valence-electron chi connectivity index (χ0n) is 26.1. The first kappa shape index (κ1) is 26.7. The highest BCUT2D eigenvalue weighted by Crippen LogP contribution is 2.63. The second-order valence-corrected chi connectivity index (χ2v) is 17.3. The van der Waals surface area contributed by atoms with E-state index in [0.717, 1.165) is 23.3 Å². The minimum absolute atomic E-state index is 0.0658. The molecular weight excluding hydrogens is 529 g/mol. The highest BCUT2D eigenvalue weighted by atomic mass is 32.1. The van der Waals surface area contributed by atoms with Crippen molar-refractivity contribution in [3.63, 3.8) is 0 Å². The van der Waals surface area contributed by atoms with Gasteiger partial charge >= 0.3 is 0 Å². The molecule has 42 heavy (non-hydrogen) atoms. The average Bonchev–Trinajstić information content (AvgIpc) is 3.29. The summed E-state index contributed by atoms with van der Waals surface area (Å²) in [6.07, 6.45) is 8.34. The first-order chi connectivity index (χ1) is 19.9. The van der Waals surface area contributed by atoms with Gasteiger partial charge in [-0.2, -0.15) is 0 Å². The van der Waals surface area contributed by atoms with Crippen molar-refractivity contribution in [3.05, 3.63) is 71.3 Å². The van der Waals surface area contributed by atoms with Crippen LogP contribution in [0, 0.1) is 17.8 Å². The Hall–Kier alpha value is -2.91. The molecule has 9 rings (SSSR count). The standard InChI is InChI=1S/C39H44N2S/c1-37(2,3)27-9-10-29-26(17-27)16-25-7-8-28(38(4,5)6)18-30(25)33(29)34-31(11-12-32-35(34)41-36(40)42-32)39-19-22-13-23(20-39)15-24(14-22)21-39/h7-12,16-18,22-24H,13-15,19-21H2,1-6H3,(H2,40,41). The van der Waals surface area contributed by atoms with Crippen molar-refractivity contribution in [2.45, 2.75) is 96.3 Å². The van der Waals surface area contributed by atoms with Gasteiger partial charge in [0.2, 0.25) is 0 Å². The molecule has 4 bridgehead atoms. The van der Waals surface area contributed by atoms with Gasteiger partial charge in [-0.05, 0) is 135 Å². The number of hydrogen-bond donors (Lipinski definition) is 1. The number of nitrogens with two attached hydrogens (primary N) is 1. The predicted octanol–water partition coefficient (Wildman–Crippen LogP) is 10.9. The van der Waals surface area contributed by atoms with Gasteiger partial charge in [-0.25, -0.2) is 4.98 Å². The van der Waals surface area contributed by atoms with E-state index in [0.29, 0.717) is 5.13 Å². The van der Waals surface area contributed by atoms with Crippen LogP contribution < -0.4 is 5.73 Å². The van der Waals surface area contributed by atoms with Crippen LogP contribution in [0.1, 0.15) is 96.8 Å². The third-order valence-electron chi connectivity index (χ3n) is 11.1. The molecule has 0 radical (unpaired) electrons. The van der Waals surface area contributed by atoms with E-state index in [9.17, 15) is 0 Å². The van der Waals surface area contributed by atoms with Gasteiger partial charge in [-0.1, -0.05) is 89.3 Å². The Labute approximate surface area is 254 Å². The Morgan fingerprint density at radius 3 is 1.95 bits per heavy atom. The molecule has 0 unspecified atom stereocenters. The number of hydrogen-bond acceptors (Lipinski definition) is 3. The molecule has 0 amide bonds. The zero-order valence-corrected chi connectivity index (χ0v) is 26.9. The van der Waals surface area contributed by atoms with Crippen molar-refractivity contribution in [1.29, 1.82) is 0 Å². The van der Waals surface area contributed by atoms with E-state index in [4.69, 9.17) is 10.7 Å². The molecule has 0 aliphatic heterocycles. The second-order valence-electron chi connectivity index (χ2n) is 16.2. The third kappa shape index (κ3) is 4.06. The molecule has 4 aromatic carbocycles. The molecule has 3 heteroatoms. The maximum absolute atomic E-state index is 6.48. The Bertz CT molecular complexity index is 1860. The van der Waals surface area contributed by atoms with Crippen molar-refractivity contribution in [1.82, 2.24) is 4.98 Å². The summed E-state index contributed by atoms with van der Waals surface area (Å²) in [6.45, 7) is 13.9. The van der Waals surface area contributed by atoms with Crippen LogP contribution in [-0.4, -0.2) is 4.98 Å². The van der Waals surface area contributed by atoms with E-state index >= 15 is 0 Å². The first-order valence-electron chi connectivity index (χ1n) is 16.1. The van der Waals surface area contributed by atoms with E-state index in [1.54, 1.807) is 16.9 Å². The SMILES string of the molecule is CC(C)(C)c1ccc2c(-c3c(C45CC6CC(CC(C6)C4)C5)ccc4sc(N)nc34)c3cc(C(C)(C)C)ccc3cc2c1. The molecule has 4 aliphatic carbocycles. The fourth-order valence-corrected chi connectivity index (χ4v) is 10.2. The van der Waals surface area contributed by atoms with Gasteiger partial charge in [0.1, 0.15) is 0 Å². The Morgan fingerprint density at radius 2 is 1.31 bits per heavy atom. The molecule has 0 spiro atoms. The van der Waals surface area contributed by atoms with Crippen LogP contribution in [0.4, 0.5) is 5.13 Å². The van der Waals surface area contributed by atoms with Gasteiger partial charge in [0.05, 0.1) is 10.2 Å². The van der Waals surface area contributed by atoms with Crippen molar-refractivity contribution < 1.29 is 0 Å². The first-order valence-corrected chi connectivity index (χ1v) is 16.9. The number of benzene rings is 4. The van der Waals surface area contributed by atoms with Crippen molar-refractivity contribution in [2.75, 3.05) is 5.73 Å². The molecule has 2 nitrogen and oxygen atoms in total. The zero-order chi connectivity index (χ0) is 29.2. The highest BCUT2D eigenvalue weighted by Gasteiger charge is 2.52.